The molecule has 0 bridgehead atoms. The van der Waals surface area contributed by atoms with Gasteiger partial charge in [0.2, 0.25) is 5.91 Å². The third kappa shape index (κ3) is 3.94. The number of aromatic nitrogens is 2. The molecule has 0 spiro atoms. The summed E-state index contributed by atoms with van der Waals surface area (Å²) in [4.78, 5) is 28.9. The molecule has 0 aliphatic carbocycles. The molecule has 4 aromatic rings. The largest absolute Gasteiger partial charge is 0.419 e. The highest BCUT2D eigenvalue weighted by atomic mass is 19.1. The summed E-state index contributed by atoms with van der Waals surface area (Å²) in [6, 6.07) is 14.6. The van der Waals surface area contributed by atoms with Crippen LogP contribution in [0, 0.1) is 5.82 Å². The lowest BCUT2D eigenvalue weighted by Crippen LogP contribution is -2.23. The summed E-state index contributed by atoms with van der Waals surface area (Å²) >= 11 is 0. The van der Waals surface area contributed by atoms with Crippen LogP contribution in [0.3, 0.4) is 0 Å². The van der Waals surface area contributed by atoms with Crippen LogP contribution in [-0.2, 0) is 18.3 Å². The molecule has 1 unspecified atom stereocenters. The molecule has 6 nitrogen and oxygen atoms in total. The van der Waals surface area contributed by atoms with Crippen molar-refractivity contribution in [2.45, 2.75) is 12.3 Å². The Morgan fingerprint density at radius 1 is 1.21 bits per heavy atom. The summed E-state index contributed by atoms with van der Waals surface area (Å²) in [6.07, 6.45) is 3.78. The van der Waals surface area contributed by atoms with E-state index in [0.29, 0.717) is 28.8 Å². The Bertz CT molecular complexity index is 1210. The fraction of sp³-hybridized carbons (Fsp3) is 0.136. The predicted octanol–water partition coefficient (Wildman–Crippen LogP) is 3.63. The van der Waals surface area contributed by atoms with Crippen molar-refractivity contribution >= 4 is 22.7 Å². The molecule has 146 valence electrons. The molecule has 0 saturated carbocycles. The highest BCUT2D eigenvalue weighted by Gasteiger charge is 2.22. The number of hydrogen-bond acceptors (Lipinski definition) is 4. The van der Waals surface area contributed by atoms with Gasteiger partial charge in [-0.15, -0.1) is 0 Å². The maximum absolute atomic E-state index is 13.4. The topological polar surface area (TPSA) is 77.1 Å². The third-order valence-corrected chi connectivity index (χ3v) is 4.81. The molecule has 7 heteroatoms. The molecule has 1 N–H and O–H groups in total. The van der Waals surface area contributed by atoms with Gasteiger partial charge in [0.15, 0.2) is 5.58 Å². The summed E-state index contributed by atoms with van der Waals surface area (Å²) in [7, 11) is 1.62. The number of nitrogens with zero attached hydrogens (tertiary/aromatic N) is 2. The van der Waals surface area contributed by atoms with Gasteiger partial charge in [0.1, 0.15) is 5.82 Å². The number of halogens is 1. The summed E-state index contributed by atoms with van der Waals surface area (Å²) < 4.78 is 19.9. The maximum atomic E-state index is 13.4. The number of hydrogen-bond donors (Lipinski definition) is 1. The lowest BCUT2D eigenvalue weighted by molar-refractivity contribution is -0.117. The molecule has 2 aromatic heterocycles. The van der Waals surface area contributed by atoms with E-state index in [2.05, 4.69) is 10.3 Å². The van der Waals surface area contributed by atoms with Crippen molar-refractivity contribution in [1.82, 2.24) is 9.55 Å². The molecule has 4 rings (SSSR count). The van der Waals surface area contributed by atoms with Crippen LogP contribution >= 0.6 is 0 Å². The Kier molecular flexibility index (Phi) is 4.95. The van der Waals surface area contributed by atoms with E-state index < -0.39 is 11.7 Å². The maximum Gasteiger partial charge on any atom is 0.419 e. The van der Waals surface area contributed by atoms with E-state index >= 15 is 0 Å². The van der Waals surface area contributed by atoms with Gasteiger partial charge in [0, 0.05) is 31.2 Å². The molecule has 2 heterocycles. The number of benzene rings is 2. The second kappa shape index (κ2) is 7.71. The van der Waals surface area contributed by atoms with Gasteiger partial charge in [-0.1, -0.05) is 18.2 Å². The van der Waals surface area contributed by atoms with Gasteiger partial charge < -0.3 is 9.73 Å². The zero-order valence-electron chi connectivity index (χ0n) is 15.6. The number of pyridine rings is 1. The standard InChI is InChI=1S/C22H18FN3O3/c1-26-19-9-8-17(12-20(19)29-22(26)28)25-21(27)18(11-14-3-2-10-24-13-14)15-4-6-16(23)7-5-15/h2-10,12-13,18H,11H2,1H3,(H,25,27). The van der Waals surface area contributed by atoms with Crippen molar-refractivity contribution in [3.05, 3.63) is 94.5 Å². The molecule has 0 fully saturated rings. The molecular weight excluding hydrogens is 373 g/mol. The first-order valence-corrected chi connectivity index (χ1v) is 9.06. The Hall–Kier alpha value is -3.74. The van der Waals surface area contributed by atoms with Gasteiger partial charge in [-0.25, -0.2) is 9.18 Å². The van der Waals surface area contributed by atoms with Crippen molar-refractivity contribution in [1.29, 1.82) is 0 Å². The van der Waals surface area contributed by atoms with Gasteiger partial charge >= 0.3 is 5.76 Å². The smallest absolute Gasteiger partial charge is 0.408 e. The highest BCUT2D eigenvalue weighted by Crippen LogP contribution is 2.25. The summed E-state index contributed by atoms with van der Waals surface area (Å²) in [5.74, 6) is -1.63. The van der Waals surface area contributed by atoms with Crippen LogP contribution in [0.25, 0.3) is 11.1 Å². The average molecular weight is 391 g/mol. The Labute approximate surface area is 165 Å². The zero-order chi connectivity index (χ0) is 20.4. The van der Waals surface area contributed by atoms with Gasteiger partial charge in [0.05, 0.1) is 11.4 Å². The third-order valence-electron chi connectivity index (χ3n) is 4.81. The predicted molar refractivity (Wildman–Crippen MR) is 107 cm³/mol. The molecular formula is C22H18FN3O3. The van der Waals surface area contributed by atoms with Crippen LogP contribution in [0.2, 0.25) is 0 Å². The minimum atomic E-state index is -0.543. The van der Waals surface area contributed by atoms with Gasteiger partial charge in [-0.3, -0.25) is 14.3 Å². The molecule has 29 heavy (non-hydrogen) atoms. The van der Waals surface area contributed by atoms with E-state index in [-0.39, 0.29) is 11.7 Å². The average Bonchev–Trinajstić information content (AvgIpc) is 3.01. The van der Waals surface area contributed by atoms with E-state index in [1.807, 2.05) is 6.07 Å². The minimum absolute atomic E-state index is 0.252. The Morgan fingerprint density at radius 3 is 2.72 bits per heavy atom. The van der Waals surface area contributed by atoms with Gasteiger partial charge in [-0.05, 0) is 47.9 Å². The number of carbonyl (C=O) groups excluding carboxylic acids is 1. The second-order valence-corrected chi connectivity index (χ2v) is 6.77. The lowest BCUT2D eigenvalue weighted by atomic mass is 9.91. The van der Waals surface area contributed by atoms with Crippen LogP contribution in [0.15, 0.2) is 76.2 Å². The zero-order valence-corrected chi connectivity index (χ0v) is 15.6. The first-order chi connectivity index (χ1) is 14.0. The molecule has 0 aliphatic heterocycles. The first-order valence-electron chi connectivity index (χ1n) is 9.06. The molecule has 0 saturated heterocycles. The van der Waals surface area contributed by atoms with Crippen molar-refractivity contribution < 1.29 is 13.6 Å². The number of aryl methyl sites for hydroxylation is 1. The molecule has 0 aliphatic rings. The SMILES string of the molecule is Cn1c(=O)oc2cc(NC(=O)C(Cc3cccnc3)c3ccc(F)cc3)ccc21. The Morgan fingerprint density at radius 2 is 2.00 bits per heavy atom. The summed E-state index contributed by atoms with van der Waals surface area (Å²) in [5.41, 5.74) is 3.12. The molecule has 1 atom stereocenters. The number of anilines is 1. The molecule has 1 amide bonds. The van der Waals surface area contributed by atoms with Gasteiger partial charge in [0.25, 0.3) is 0 Å². The number of amides is 1. The number of carbonyl (C=O) groups is 1. The van der Waals surface area contributed by atoms with E-state index in [1.54, 1.807) is 55.8 Å². The minimum Gasteiger partial charge on any atom is -0.408 e. The van der Waals surface area contributed by atoms with E-state index in [1.165, 1.54) is 16.7 Å². The van der Waals surface area contributed by atoms with Crippen LogP contribution < -0.4 is 11.1 Å². The summed E-state index contributed by atoms with van der Waals surface area (Å²) in [5, 5.41) is 2.87. The van der Waals surface area contributed by atoms with Gasteiger partial charge in [-0.2, -0.15) is 0 Å². The van der Waals surface area contributed by atoms with Crippen LogP contribution in [0.4, 0.5) is 10.1 Å². The second-order valence-electron chi connectivity index (χ2n) is 6.77. The van der Waals surface area contributed by atoms with E-state index in [4.69, 9.17) is 4.42 Å². The Balaban J connectivity index is 1.63. The summed E-state index contributed by atoms with van der Waals surface area (Å²) in [6.45, 7) is 0. The van der Waals surface area contributed by atoms with E-state index in [0.717, 1.165) is 5.56 Å². The number of fused-ring (bicyclic) bond motifs is 1. The van der Waals surface area contributed by atoms with E-state index in [9.17, 15) is 14.0 Å². The quantitative estimate of drug-likeness (QED) is 0.564. The number of rotatable bonds is 5. The van der Waals surface area contributed by atoms with Crippen LogP contribution in [0.1, 0.15) is 17.0 Å². The molecule has 2 aromatic carbocycles. The number of oxazole rings is 1. The van der Waals surface area contributed by atoms with Crippen LogP contribution in [0.5, 0.6) is 0 Å². The van der Waals surface area contributed by atoms with Crippen molar-refractivity contribution in [2.75, 3.05) is 5.32 Å². The monoisotopic (exact) mass is 391 g/mol. The number of nitrogens with one attached hydrogen (secondary N) is 1. The fourth-order valence-electron chi connectivity index (χ4n) is 3.25. The first kappa shape index (κ1) is 18.6. The van der Waals surface area contributed by atoms with Crippen molar-refractivity contribution in [3.8, 4) is 0 Å². The normalized spacial score (nSPS) is 12.1. The molecule has 0 radical (unpaired) electrons. The lowest BCUT2D eigenvalue weighted by Gasteiger charge is -2.17. The van der Waals surface area contributed by atoms with Crippen molar-refractivity contribution in [2.24, 2.45) is 7.05 Å². The fourth-order valence-corrected chi connectivity index (χ4v) is 3.25. The van der Waals surface area contributed by atoms with Crippen molar-refractivity contribution in [3.63, 3.8) is 0 Å². The van der Waals surface area contributed by atoms with Crippen LogP contribution in [-0.4, -0.2) is 15.5 Å². The highest BCUT2D eigenvalue weighted by molar-refractivity contribution is 5.97.